The number of nitrogens with zero attached hydrogens (tertiary/aromatic N) is 4. The van der Waals surface area contributed by atoms with E-state index in [4.69, 9.17) is 11.6 Å². The normalized spacial score (nSPS) is 14.4. The van der Waals surface area contributed by atoms with Crippen LogP contribution in [0.5, 0.6) is 0 Å². The molecule has 0 radical (unpaired) electrons. The number of nitrogens with one attached hydrogen (secondary N) is 2. The molecule has 1 aliphatic heterocycles. The van der Waals surface area contributed by atoms with Crippen LogP contribution in [-0.4, -0.2) is 81.8 Å². The second-order valence-corrected chi connectivity index (χ2v) is 17.8. The van der Waals surface area contributed by atoms with Crippen molar-refractivity contribution in [2.24, 2.45) is 0 Å². The molecule has 13 heteroatoms. The third-order valence-corrected chi connectivity index (χ3v) is 12.9. The molecule has 1 saturated heterocycles. The molecule has 1 fully saturated rings. The summed E-state index contributed by atoms with van der Waals surface area (Å²) >= 11 is 7.81. The Balaban J connectivity index is 1.10. The lowest BCUT2D eigenvalue weighted by Gasteiger charge is -2.36. The molecule has 5 aromatic rings. The number of piperazine rings is 1. The van der Waals surface area contributed by atoms with Gasteiger partial charge in [-0.2, -0.15) is 0 Å². The summed E-state index contributed by atoms with van der Waals surface area (Å²) in [6.07, 6.45) is 3.14. The number of hydrogen-bond donors (Lipinski definition) is 2. The molecular weight excluding hydrogens is 788 g/mol. The lowest BCUT2D eigenvalue weighted by molar-refractivity contribution is -0.384. The van der Waals surface area contributed by atoms with Crippen molar-refractivity contribution < 1.29 is 13.3 Å². The number of benzene rings is 5. The van der Waals surface area contributed by atoms with Gasteiger partial charge in [-0.05, 0) is 104 Å². The number of nitro benzene ring substituents is 1. The van der Waals surface area contributed by atoms with Crippen LogP contribution in [0.15, 0.2) is 137 Å². The Morgan fingerprint density at radius 1 is 0.914 bits per heavy atom. The minimum atomic E-state index is -4.17. The maximum atomic E-state index is 13.8. The monoisotopic (exact) mass is 838 g/mol. The van der Waals surface area contributed by atoms with Gasteiger partial charge in [-0.1, -0.05) is 91.3 Å². The van der Waals surface area contributed by atoms with Crippen LogP contribution in [0.4, 0.5) is 17.1 Å². The summed E-state index contributed by atoms with van der Waals surface area (Å²) in [7, 11) is -0.194. The van der Waals surface area contributed by atoms with Gasteiger partial charge in [0, 0.05) is 66.2 Å². The van der Waals surface area contributed by atoms with Crippen LogP contribution < -0.4 is 14.9 Å². The van der Waals surface area contributed by atoms with Gasteiger partial charge in [-0.3, -0.25) is 19.7 Å². The van der Waals surface area contributed by atoms with E-state index in [9.17, 15) is 18.5 Å². The molecule has 10 nitrogen and oxygen atoms in total. The van der Waals surface area contributed by atoms with E-state index < -0.39 is 14.9 Å². The van der Waals surface area contributed by atoms with Crippen LogP contribution in [0.25, 0.3) is 16.8 Å². The van der Waals surface area contributed by atoms with Crippen molar-refractivity contribution in [1.29, 1.82) is 0 Å². The van der Waals surface area contributed by atoms with E-state index in [1.165, 1.54) is 23.3 Å². The second-order valence-electron chi connectivity index (χ2n) is 14.6. The summed E-state index contributed by atoms with van der Waals surface area (Å²) in [4.78, 5) is 19.6. The maximum Gasteiger partial charge on any atom is 0.293 e. The van der Waals surface area contributed by atoms with Crippen molar-refractivity contribution in [2.45, 2.75) is 42.1 Å². The van der Waals surface area contributed by atoms with Gasteiger partial charge in [0.25, 0.3) is 15.7 Å². The molecule has 1 heterocycles. The van der Waals surface area contributed by atoms with Gasteiger partial charge in [0.15, 0.2) is 0 Å². The molecule has 58 heavy (non-hydrogen) atoms. The highest BCUT2D eigenvalue weighted by molar-refractivity contribution is 7.99. The summed E-state index contributed by atoms with van der Waals surface area (Å²) in [5.74, 6) is 0.678. The Bertz CT molecular complexity index is 2270. The van der Waals surface area contributed by atoms with Crippen LogP contribution in [0.3, 0.4) is 0 Å². The molecule has 1 unspecified atom stereocenters. The third kappa shape index (κ3) is 11.6. The van der Waals surface area contributed by atoms with Crippen molar-refractivity contribution in [3.8, 4) is 11.1 Å². The molecule has 1 aliphatic rings. The molecule has 5 aromatic carbocycles. The summed E-state index contributed by atoms with van der Waals surface area (Å²) in [5, 5.41) is 16.4. The fraction of sp³-hybridized carbons (Fsp3) is 0.289. The number of halogens is 1. The average molecular weight is 840 g/mol. The highest BCUT2D eigenvalue weighted by atomic mass is 35.5. The van der Waals surface area contributed by atoms with Crippen molar-refractivity contribution in [1.82, 2.24) is 14.5 Å². The molecule has 0 bridgehead atoms. The van der Waals surface area contributed by atoms with Gasteiger partial charge >= 0.3 is 0 Å². The first kappa shape index (κ1) is 42.7. The van der Waals surface area contributed by atoms with Gasteiger partial charge in [0.2, 0.25) is 0 Å². The summed E-state index contributed by atoms with van der Waals surface area (Å²) in [6.45, 7) is 7.10. The molecule has 0 aliphatic carbocycles. The number of anilines is 2. The van der Waals surface area contributed by atoms with E-state index in [1.807, 2.05) is 93.8 Å². The second kappa shape index (κ2) is 20.2. The Morgan fingerprint density at radius 2 is 1.60 bits per heavy atom. The van der Waals surface area contributed by atoms with Crippen LogP contribution in [0.1, 0.15) is 30.9 Å². The smallest absolute Gasteiger partial charge is 0.293 e. The summed E-state index contributed by atoms with van der Waals surface area (Å²) < 4.78 is 30.3. The zero-order valence-electron chi connectivity index (χ0n) is 33.2. The highest BCUT2D eigenvalue weighted by Gasteiger charge is 2.25. The van der Waals surface area contributed by atoms with E-state index in [0.717, 1.165) is 72.9 Å². The van der Waals surface area contributed by atoms with Crippen LogP contribution in [0.2, 0.25) is 5.02 Å². The SMILES string of the molecule is CC/C=C(/NS(=O)(=O)c1ccc(NC(CCN(C)C)CSc2ccccc2)c([N+](=O)[O-])c1)c1ccc(N2CCN(Cc3ccccc3-c3ccc(Cl)cc3)CC2)cc1. The minimum Gasteiger partial charge on any atom is -0.376 e. The van der Waals surface area contributed by atoms with E-state index in [0.29, 0.717) is 23.4 Å². The van der Waals surface area contributed by atoms with Gasteiger partial charge < -0.3 is 15.1 Å². The average Bonchev–Trinajstić information content (AvgIpc) is 3.23. The number of rotatable bonds is 18. The number of allylic oxidation sites excluding steroid dienone is 1. The Kier molecular flexibility index (Phi) is 14.9. The number of sulfonamides is 1. The number of hydrogen-bond acceptors (Lipinski definition) is 9. The first-order valence-corrected chi connectivity index (χ1v) is 22.4. The lowest BCUT2D eigenvalue weighted by atomic mass is 9.99. The quantitative estimate of drug-likeness (QED) is 0.0507. The summed E-state index contributed by atoms with van der Waals surface area (Å²) in [5.41, 5.74) is 5.82. The van der Waals surface area contributed by atoms with Crippen LogP contribution in [0, 0.1) is 10.1 Å². The zero-order valence-corrected chi connectivity index (χ0v) is 35.6. The van der Waals surface area contributed by atoms with E-state index >= 15 is 0 Å². The minimum absolute atomic E-state index is 0.0962. The Morgan fingerprint density at radius 3 is 2.28 bits per heavy atom. The standard InChI is InChI=1S/C45H51ClN6O4S2/c1-4-10-43(35-17-21-39(22-18-35)51-29-27-50(28-30-51)32-36-11-8-9-14-42(36)34-15-19-37(46)20-16-34)48-58(55,56)41-23-24-44(45(31-41)52(53)54)47-38(25-26-49(2)3)33-57-40-12-6-5-7-13-40/h5-24,31,38,47-48H,4,25-30,32-33H2,1-3H3/b43-10+. The largest absolute Gasteiger partial charge is 0.376 e. The maximum absolute atomic E-state index is 13.8. The zero-order chi connectivity index (χ0) is 41.1. The number of thioether (sulfide) groups is 1. The molecule has 0 saturated carbocycles. The topological polar surface area (TPSA) is 111 Å². The predicted octanol–water partition coefficient (Wildman–Crippen LogP) is 9.49. The summed E-state index contributed by atoms with van der Waals surface area (Å²) in [6, 6.07) is 38.3. The number of nitro groups is 1. The fourth-order valence-electron chi connectivity index (χ4n) is 6.95. The molecule has 6 rings (SSSR count). The van der Waals surface area contributed by atoms with Crippen molar-refractivity contribution in [3.05, 3.63) is 154 Å². The van der Waals surface area contributed by atoms with Crippen LogP contribution in [-0.2, 0) is 16.6 Å². The van der Waals surface area contributed by atoms with Crippen LogP contribution >= 0.6 is 23.4 Å². The van der Waals surface area contributed by atoms with Gasteiger partial charge in [-0.15, -0.1) is 11.8 Å². The van der Waals surface area contributed by atoms with E-state index in [1.54, 1.807) is 11.8 Å². The van der Waals surface area contributed by atoms with E-state index in [-0.39, 0.29) is 22.3 Å². The Hall–Kier alpha value is -4.85. The highest BCUT2D eigenvalue weighted by Crippen LogP contribution is 2.32. The third-order valence-electron chi connectivity index (χ3n) is 10.1. The van der Waals surface area contributed by atoms with Crippen molar-refractivity contribution >= 4 is 56.1 Å². The molecular formula is C45H51ClN6O4S2. The molecule has 0 amide bonds. The van der Waals surface area contributed by atoms with Gasteiger partial charge in [0.1, 0.15) is 5.69 Å². The Labute approximate surface area is 352 Å². The van der Waals surface area contributed by atoms with Crippen molar-refractivity contribution in [3.63, 3.8) is 0 Å². The molecule has 0 spiro atoms. The van der Waals surface area contributed by atoms with Gasteiger partial charge in [0.05, 0.1) is 15.5 Å². The van der Waals surface area contributed by atoms with Gasteiger partial charge in [-0.25, -0.2) is 8.42 Å². The molecule has 2 N–H and O–H groups in total. The van der Waals surface area contributed by atoms with Crippen molar-refractivity contribution in [2.75, 3.05) is 62.8 Å². The van der Waals surface area contributed by atoms with E-state index in [2.05, 4.69) is 61.1 Å². The fourth-order valence-corrected chi connectivity index (χ4v) is 9.19. The molecule has 1 atom stereocenters. The predicted molar refractivity (Wildman–Crippen MR) is 240 cm³/mol. The molecule has 304 valence electrons. The first-order valence-electron chi connectivity index (χ1n) is 19.5. The first-order chi connectivity index (χ1) is 28.0. The molecule has 0 aromatic heterocycles. The lowest BCUT2D eigenvalue weighted by Crippen LogP contribution is -2.46.